The molecule has 4 nitrogen and oxygen atoms in total. The Morgan fingerprint density at radius 1 is 1.18 bits per heavy atom. The SMILES string of the molecule is CCOCC(C(C)C)n1c(C)nc2cnc3ccccc3c21. The normalized spacial score (nSPS) is 13.3. The Morgan fingerprint density at radius 2 is 1.95 bits per heavy atom. The van der Waals surface area contributed by atoms with E-state index in [1.165, 1.54) is 5.52 Å². The summed E-state index contributed by atoms with van der Waals surface area (Å²) in [4.78, 5) is 9.24. The Bertz CT molecular complexity index is 791. The highest BCUT2D eigenvalue weighted by molar-refractivity contribution is 6.02. The zero-order chi connectivity index (χ0) is 15.7. The molecule has 0 spiro atoms. The molecule has 22 heavy (non-hydrogen) atoms. The maximum Gasteiger partial charge on any atom is 0.108 e. The molecular formula is C18H23N3O. The number of rotatable bonds is 5. The van der Waals surface area contributed by atoms with E-state index >= 15 is 0 Å². The van der Waals surface area contributed by atoms with Gasteiger partial charge in [0.15, 0.2) is 0 Å². The molecule has 116 valence electrons. The molecule has 0 aliphatic carbocycles. The Balaban J connectivity index is 2.27. The van der Waals surface area contributed by atoms with Crippen LogP contribution in [0.5, 0.6) is 0 Å². The summed E-state index contributed by atoms with van der Waals surface area (Å²) in [5, 5.41) is 1.16. The molecule has 2 heterocycles. The topological polar surface area (TPSA) is 39.9 Å². The van der Waals surface area contributed by atoms with E-state index in [9.17, 15) is 0 Å². The summed E-state index contributed by atoms with van der Waals surface area (Å²) in [5.41, 5.74) is 3.13. The van der Waals surface area contributed by atoms with Gasteiger partial charge in [0.2, 0.25) is 0 Å². The molecule has 0 aliphatic heterocycles. The van der Waals surface area contributed by atoms with Crippen molar-refractivity contribution >= 4 is 21.9 Å². The van der Waals surface area contributed by atoms with E-state index in [1.807, 2.05) is 25.3 Å². The van der Waals surface area contributed by atoms with Gasteiger partial charge in [0.05, 0.1) is 29.9 Å². The second kappa shape index (κ2) is 6.05. The molecule has 0 saturated carbocycles. The number of fused-ring (bicyclic) bond motifs is 3. The molecule has 3 aromatic rings. The van der Waals surface area contributed by atoms with Crippen molar-refractivity contribution in [1.82, 2.24) is 14.5 Å². The zero-order valence-corrected chi connectivity index (χ0v) is 13.7. The van der Waals surface area contributed by atoms with E-state index in [0.29, 0.717) is 12.5 Å². The average molecular weight is 297 g/mol. The lowest BCUT2D eigenvalue weighted by Crippen LogP contribution is -2.22. The lowest BCUT2D eigenvalue weighted by Gasteiger charge is -2.25. The van der Waals surface area contributed by atoms with Crippen molar-refractivity contribution in [2.45, 2.75) is 33.7 Å². The molecule has 0 saturated heterocycles. The van der Waals surface area contributed by atoms with Crippen molar-refractivity contribution in [3.8, 4) is 0 Å². The van der Waals surface area contributed by atoms with Gasteiger partial charge in [-0.1, -0.05) is 32.0 Å². The second-order valence-electron chi connectivity index (χ2n) is 6.01. The Labute approximate surface area is 131 Å². The molecule has 0 amide bonds. The van der Waals surface area contributed by atoms with Gasteiger partial charge in [0.25, 0.3) is 0 Å². The maximum atomic E-state index is 5.73. The summed E-state index contributed by atoms with van der Waals surface area (Å²) >= 11 is 0. The number of aryl methyl sites for hydroxylation is 1. The number of aromatic nitrogens is 3. The minimum Gasteiger partial charge on any atom is -0.380 e. The highest BCUT2D eigenvalue weighted by atomic mass is 16.5. The third-order valence-electron chi connectivity index (χ3n) is 4.19. The minimum absolute atomic E-state index is 0.274. The highest BCUT2D eigenvalue weighted by Crippen LogP contribution is 2.30. The van der Waals surface area contributed by atoms with Gasteiger partial charge in [-0.15, -0.1) is 0 Å². The summed E-state index contributed by atoms with van der Waals surface area (Å²) in [6, 6.07) is 8.53. The second-order valence-corrected chi connectivity index (χ2v) is 6.01. The third-order valence-corrected chi connectivity index (χ3v) is 4.19. The molecule has 1 aromatic carbocycles. The number of imidazole rings is 1. The fraction of sp³-hybridized carbons (Fsp3) is 0.444. The molecule has 0 bridgehead atoms. The molecule has 4 heteroatoms. The molecule has 0 N–H and O–H groups in total. The Hall–Kier alpha value is -1.94. The van der Waals surface area contributed by atoms with Gasteiger partial charge in [-0.05, 0) is 25.8 Å². The monoisotopic (exact) mass is 297 g/mol. The molecule has 0 aliphatic rings. The predicted octanol–water partition coefficient (Wildman–Crippen LogP) is 4.13. The summed E-state index contributed by atoms with van der Waals surface area (Å²) in [6.45, 7) is 10.0. The zero-order valence-electron chi connectivity index (χ0n) is 13.7. The number of pyridine rings is 1. The summed E-state index contributed by atoms with van der Waals surface area (Å²) in [5.74, 6) is 1.49. The van der Waals surface area contributed by atoms with Gasteiger partial charge in [0.1, 0.15) is 11.3 Å². The van der Waals surface area contributed by atoms with Gasteiger partial charge in [0, 0.05) is 12.0 Å². The molecule has 0 radical (unpaired) electrons. The smallest absolute Gasteiger partial charge is 0.108 e. The molecule has 2 aromatic heterocycles. The summed E-state index contributed by atoms with van der Waals surface area (Å²) in [7, 11) is 0. The highest BCUT2D eigenvalue weighted by Gasteiger charge is 2.22. The van der Waals surface area contributed by atoms with Crippen LogP contribution in [0, 0.1) is 12.8 Å². The first-order valence-electron chi connectivity index (χ1n) is 7.93. The first-order valence-corrected chi connectivity index (χ1v) is 7.93. The molecule has 3 rings (SSSR count). The lowest BCUT2D eigenvalue weighted by molar-refractivity contribution is 0.0972. The van der Waals surface area contributed by atoms with E-state index in [2.05, 4.69) is 42.5 Å². The van der Waals surface area contributed by atoms with Crippen molar-refractivity contribution in [3.05, 3.63) is 36.3 Å². The quantitative estimate of drug-likeness (QED) is 0.711. The Kier molecular flexibility index (Phi) is 4.12. The number of benzene rings is 1. The van der Waals surface area contributed by atoms with E-state index in [1.54, 1.807) is 0 Å². The minimum atomic E-state index is 0.274. The first-order chi connectivity index (χ1) is 10.6. The number of ether oxygens (including phenoxy) is 1. The summed E-state index contributed by atoms with van der Waals surface area (Å²) < 4.78 is 8.07. The van der Waals surface area contributed by atoms with Crippen molar-refractivity contribution in [2.75, 3.05) is 13.2 Å². The summed E-state index contributed by atoms with van der Waals surface area (Å²) in [6.07, 6.45) is 1.87. The van der Waals surface area contributed by atoms with Crippen LogP contribution in [-0.4, -0.2) is 27.7 Å². The van der Waals surface area contributed by atoms with Gasteiger partial charge in [-0.3, -0.25) is 4.98 Å². The van der Waals surface area contributed by atoms with Crippen LogP contribution in [-0.2, 0) is 4.74 Å². The van der Waals surface area contributed by atoms with E-state index in [0.717, 1.165) is 28.9 Å². The van der Waals surface area contributed by atoms with Gasteiger partial charge in [-0.2, -0.15) is 0 Å². The average Bonchev–Trinajstić information content (AvgIpc) is 2.84. The van der Waals surface area contributed by atoms with Gasteiger partial charge in [-0.25, -0.2) is 4.98 Å². The van der Waals surface area contributed by atoms with E-state index in [4.69, 9.17) is 9.72 Å². The van der Waals surface area contributed by atoms with Crippen LogP contribution in [0.3, 0.4) is 0 Å². The van der Waals surface area contributed by atoms with Crippen LogP contribution in [0.1, 0.15) is 32.6 Å². The molecule has 0 fully saturated rings. The fourth-order valence-electron chi connectivity index (χ4n) is 3.05. The molecule has 1 unspecified atom stereocenters. The van der Waals surface area contributed by atoms with Crippen molar-refractivity contribution < 1.29 is 4.74 Å². The third kappa shape index (κ3) is 2.48. The van der Waals surface area contributed by atoms with Crippen molar-refractivity contribution in [3.63, 3.8) is 0 Å². The van der Waals surface area contributed by atoms with Crippen LogP contribution >= 0.6 is 0 Å². The van der Waals surface area contributed by atoms with Crippen LogP contribution in [0.25, 0.3) is 21.9 Å². The van der Waals surface area contributed by atoms with Crippen LogP contribution < -0.4 is 0 Å². The van der Waals surface area contributed by atoms with E-state index in [-0.39, 0.29) is 6.04 Å². The predicted molar refractivity (Wildman–Crippen MR) is 90.1 cm³/mol. The number of para-hydroxylation sites is 1. The standard InChI is InChI=1S/C18H23N3O/c1-5-22-11-17(12(2)3)21-13(4)20-16-10-19-15-9-7-6-8-14(15)18(16)21/h6-10,12,17H,5,11H2,1-4H3. The Morgan fingerprint density at radius 3 is 2.68 bits per heavy atom. The molecular weight excluding hydrogens is 274 g/mol. The van der Waals surface area contributed by atoms with Crippen molar-refractivity contribution in [2.24, 2.45) is 5.92 Å². The number of nitrogens with zero attached hydrogens (tertiary/aromatic N) is 3. The van der Waals surface area contributed by atoms with Crippen molar-refractivity contribution in [1.29, 1.82) is 0 Å². The number of hydrogen-bond acceptors (Lipinski definition) is 3. The van der Waals surface area contributed by atoms with Crippen LogP contribution in [0.2, 0.25) is 0 Å². The van der Waals surface area contributed by atoms with E-state index < -0.39 is 0 Å². The van der Waals surface area contributed by atoms with Gasteiger partial charge >= 0.3 is 0 Å². The van der Waals surface area contributed by atoms with Crippen LogP contribution in [0.4, 0.5) is 0 Å². The van der Waals surface area contributed by atoms with Crippen LogP contribution in [0.15, 0.2) is 30.5 Å². The fourth-order valence-corrected chi connectivity index (χ4v) is 3.05. The maximum absolute atomic E-state index is 5.73. The molecule has 1 atom stereocenters. The lowest BCUT2D eigenvalue weighted by atomic mass is 10.0. The first kappa shape index (κ1) is 15.0. The number of hydrogen-bond donors (Lipinski definition) is 0. The largest absolute Gasteiger partial charge is 0.380 e. The van der Waals surface area contributed by atoms with Gasteiger partial charge < -0.3 is 9.30 Å².